The Kier molecular flexibility index (Phi) is 9.70. The number of benzene rings is 3. The summed E-state index contributed by atoms with van der Waals surface area (Å²) in [6.45, 7) is 5.22. The highest BCUT2D eigenvalue weighted by Crippen LogP contribution is 2.28. The molecule has 2 amide bonds. The van der Waals surface area contributed by atoms with Gasteiger partial charge in [-0.05, 0) is 63.4 Å². The van der Waals surface area contributed by atoms with Crippen LogP contribution in [0.1, 0.15) is 49.3 Å². The van der Waals surface area contributed by atoms with Crippen LogP contribution in [0, 0.1) is 13.8 Å². The van der Waals surface area contributed by atoms with Gasteiger partial charge in [0, 0.05) is 18.7 Å². The molecule has 41 heavy (non-hydrogen) atoms. The molecule has 0 aromatic heterocycles. The van der Waals surface area contributed by atoms with Gasteiger partial charge in [-0.15, -0.1) is 0 Å². The molecule has 3 aromatic carbocycles. The molecule has 9 heteroatoms. The van der Waals surface area contributed by atoms with Gasteiger partial charge in [-0.1, -0.05) is 66.4 Å². The molecule has 1 fully saturated rings. The number of nitrogens with one attached hydrogen (secondary N) is 1. The van der Waals surface area contributed by atoms with Crippen molar-refractivity contribution < 1.29 is 22.7 Å². The Morgan fingerprint density at radius 1 is 0.951 bits per heavy atom. The van der Waals surface area contributed by atoms with Gasteiger partial charge in [0.1, 0.15) is 18.3 Å². The maximum absolute atomic E-state index is 14.1. The lowest BCUT2D eigenvalue weighted by molar-refractivity contribution is -0.139. The largest absolute Gasteiger partial charge is 0.497 e. The van der Waals surface area contributed by atoms with Crippen LogP contribution in [0.15, 0.2) is 77.7 Å². The van der Waals surface area contributed by atoms with Crippen LogP contribution in [0.3, 0.4) is 0 Å². The van der Waals surface area contributed by atoms with E-state index in [0.717, 1.165) is 46.7 Å². The smallest absolute Gasteiger partial charge is 0.264 e. The third-order valence-electron chi connectivity index (χ3n) is 7.57. The number of amides is 2. The minimum absolute atomic E-state index is 0.0656. The number of carbonyl (C=O) groups excluding carboxylic acids is 2. The molecule has 3 aromatic rings. The Morgan fingerprint density at radius 3 is 2.17 bits per heavy atom. The van der Waals surface area contributed by atoms with Crippen molar-refractivity contribution in [3.05, 3.63) is 89.5 Å². The van der Waals surface area contributed by atoms with E-state index in [-0.39, 0.29) is 29.1 Å². The van der Waals surface area contributed by atoms with Crippen molar-refractivity contribution >= 4 is 27.5 Å². The summed E-state index contributed by atoms with van der Waals surface area (Å²) in [4.78, 5) is 28.9. The zero-order valence-electron chi connectivity index (χ0n) is 24.2. The maximum Gasteiger partial charge on any atom is 0.264 e. The average molecular weight is 578 g/mol. The summed E-state index contributed by atoms with van der Waals surface area (Å²) < 4.78 is 34.4. The van der Waals surface area contributed by atoms with Gasteiger partial charge in [-0.2, -0.15) is 0 Å². The first-order valence-electron chi connectivity index (χ1n) is 14.0. The summed E-state index contributed by atoms with van der Waals surface area (Å²) >= 11 is 0. The molecule has 218 valence electrons. The fraction of sp³-hybridized carbons (Fsp3) is 0.375. The van der Waals surface area contributed by atoms with Crippen LogP contribution in [0.4, 0.5) is 5.69 Å². The van der Waals surface area contributed by atoms with Crippen molar-refractivity contribution in [2.45, 2.75) is 70.0 Å². The summed E-state index contributed by atoms with van der Waals surface area (Å²) in [7, 11) is -2.64. The second kappa shape index (κ2) is 13.2. The highest BCUT2D eigenvalue weighted by molar-refractivity contribution is 7.92. The monoisotopic (exact) mass is 577 g/mol. The number of anilines is 1. The zero-order valence-corrected chi connectivity index (χ0v) is 25.0. The lowest BCUT2D eigenvalue weighted by atomic mass is 10.1. The van der Waals surface area contributed by atoms with E-state index in [0.29, 0.717) is 5.75 Å². The first-order valence-corrected chi connectivity index (χ1v) is 15.4. The molecule has 1 N–H and O–H groups in total. The lowest BCUT2D eigenvalue weighted by Gasteiger charge is -2.32. The zero-order chi connectivity index (χ0) is 29.6. The summed E-state index contributed by atoms with van der Waals surface area (Å²) in [5.41, 5.74) is 3.13. The van der Waals surface area contributed by atoms with Gasteiger partial charge in [-0.3, -0.25) is 13.9 Å². The van der Waals surface area contributed by atoms with Crippen LogP contribution < -0.4 is 14.4 Å². The van der Waals surface area contributed by atoms with Crippen LogP contribution in [-0.2, 0) is 26.2 Å². The third kappa shape index (κ3) is 7.47. The summed E-state index contributed by atoms with van der Waals surface area (Å²) in [5.74, 6) is -0.273. The normalized spacial score (nSPS) is 14.3. The molecule has 1 atom stereocenters. The molecular weight excluding hydrogens is 538 g/mol. The van der Waals surface area contributed by atoms with Crippen molar-refractivity contribution in [2.24, 2.45) is 0 Å². The molecule has 8 nitrogen and oxygen atoms in total. The number of aryl methyl sites for hydroxylation is 2. The quantitative estimate of drug-likeness (QED) is 0.347. The van der Waals surface area contributed by atoms with Gasteiger partial charge in [0.15, 0.2) is 0 Å². The number of hydrogen-bond acceptors (Lipinski definition) is 5. The van der Waals surface area contributed by atoms with Crippen molar-refractivity contribution in [1.29, 1.82) is 0 Å². The van der Waals surface area contributed by atoms with E-state index >= 15 is 0 Å². The van der Waals surface area contributed by atoms with E-state index in [1.165, 1.54) is 24.1 Å². The number of sulfonamides is 1. The molecule has 0 aliphatic heterocycles. The third-order valence-corrected chi connectivity index (χ3v) is 9.36. The molecule has 0 bridgehead atoms. The second-order valence-corrected chi connectivity index (χ2v) is 12.6. The van der Waals surface area contributed by atoms with Crippen LogP contribution in [0.2, 0.25) is 0 Å². The Labute approximate surface area is 243 Å². The highest BCUT2D eigenvalue weighted by Gasteiger charge is 2.33. The molecule has 0 saturated heterocycles. The van der Waals surface area contributed by atoms with Gasteiger partial charge < -0.3 is 15.0 Å². The predicted octanol–water partition coefficient (Wildman–Crippen LogP) is 4.98. The summed E-state index contributed by atoms with van der Waals surface area (Å²) in [6.07, 6.45) is 3.97. The van der Waals surface area contributed by atoms with Gasteiger partial charge in [0.2, 0.25) is 11.8 Å². The van der Waals surface area contributed by atoms with Gasteiger partial charge in [0.05, 0.1) is 17.7 Å². The van der Waals surface area contributed by atoms with Crippen LogP contribution >= 0.6 is 0 Å². The molecule has 0 radical (unpaired) electrons. The number of ether oxygens (including phenoxy) is 1. The van der Waals surface area contributed by atoms with E-state index in [1.807, 2.05) is 38.1 Å². The van der Waals surface area contributed by atoms with Crippen LogP contribution in [0.5, 0.6) is 5.75 Å². The van der Waals surface area contributed by atoms with Crippen molar-refractivity contribution in [1.82, 2.24) is 10.2 Å². The lowest BCUT2D eigenvalue weighted by Crippen LogP contribution is -2.52. The maximum atomic E-state index is 14.1. The Morgan fingerprint density at radius 2 is 1.56 bits per heavy atom. The second-order valence-electron chi connectivity index (χ2n) is 10.7. The first kappa shape index (κ1) is 30.1. The minimum atomic E-state index is -4.14. The number of methoxy groups -OCH3 is 1. The molecule has 0 unspecified atom stereocenters. The Bertz CT molecular complexity index is 1450. The summed E-state index contributed by atoms with van der Waals surface area (Å²) in [5, 5.41) is 3.09. The average Bonchev–Trinajstić information content (AvgIpc) is 3.48. The van der Waals surface area contributed by atoms with Crippen LogP contribution in [0.25, 0.3) is 0 Å². The summed E-state index contributed by atoms with van der Waals surface area (Å²) in [6, 6.07) is 20.1. The number of rotatable bonds is 11. The van der Waals surface area contributed by atoms with Crippen molar-refractivity contribution in [2.75, 3.05) is 18.0 Å². The molecule has 1 saturated carbocycles. The predicted molar refractivity (Wildman–Crippen MR) is 160 cm³/mol. The molecule has 0 spiro atoms. The van der Waals surface area contributed by atoms with Gasteiger partial charge >= 0.3 is 0 Å². The van der Waals surface area contributed by atoms with Crippen molar-refractivity contribution in [3.63, 3.8) is 0 Å². The molecule has 1 aliphatic carbocycles. The van der Waals surface area contributed by atoms with Crippen LogP contribution in [-0.4, -0.2) is 50.9 Å². The molecule has 0 heterocycles. The number of carbonyl (C=O) groups is 2. The SMILES string of the molecule is COc1cccc(N(CC(=O)N(Cc2ccc(C)cc2)[C@@H](C)C(=O)NC2CCCC2)S(=O)(=O)c2ccc(C)cc2)c1. The minimum Gasteiger partial charge on any atom is -0.497 e. The van der Waals surface area contributed by atoms with E-state index in [1.54, 1.807) is 43.3 Å². The fourth-order valence-corrected chi connectivity index (χ4v) is 6.40. The first-order chi connectivity index (χ1) is 19.6. The number of hydrogen-bond donors (Lipinski definition) is 1. The van der Waals surface area contributed by atoms with Gasteiger partial charge in [-0.25, -0.2) is 8.42 Å². The molecule has 1 aliphatic rings. The fourth-order valence-electron chi connectivity index (χ4n) is 5.00. The number of nitrogens with zero attached hydrogens (tertiary/aromatic N) is 2. The topological polar surface area (TPSA) is 96.0 Å². The van der Waals surface area contributed by atoms with Crippen molar-refractivity contribution in [3.8, 4) is 5.75 Å². The standard InChI is InChI=1S/C32H39N3O5S/c1-23-12-16-26(17-13-23)21-34(25(3)32(37)33-27-8-5-6-9-27)31(36)22-35(28-10-7-11-29(20-28)40-4)41(38,39)30-18-14-24(2)15-19-30/h7,10-20,25,27H,5-6,8-9,21-22H2,1-4H3,(H,33,37)/t25-/m0/s1. The van der Waals surface area contributed by atoms with E-state index < -0.39 is 28.5 Å². The van der Waals surface area contributed by atoms with Gasteiger partial charge in [0.25, 0.3) is 10.0 Å². The molecule has 4 rings (SSSR count). The van der Waals surface area contributed by atoms with E-state index in [9.17, 15) is 18.0 Å². The Hall–Kier alpha value is -3.85. The van der Waals surface area contributed by atoms with E-state index in [2.05, 4.69) is 5.32 Å². The molecular formula is C32H39N3O5S. The highest BCUT2D eigenvalue weighted by atomic mass is 32.2. The van der Waals surface area contributed by atoms with E-state index in [4.69, 9.17) is 4.74 Å². The Balaban J connectivity index is 1.69.